The second kappa shape index (κ2) is 10.2. The lowest BCUT2D eigenvalue weighted by Gasteiger charge is -2.19. The van der Waals surface area contributed by atoms with Gasteiger partial charge in [0.05, 0.1) is 17.7 Å². The first-order valence-corrected chi connectivity index (χ1v) is 9.41. The van der Waals surface area contributed by atoms with Crippen LogP contribution in [0, 0.1) is 11.3 Å². The van der Waals surface area contributed by atoms with Crippen molar-refractivity contribution < 1.29 is 23.8 Å². The van der Waals surface area contributed by atoms with Gasteiger partial charge in [-0.1, -0.05) is 18.2 Å². The average molecular weight is 394 g/mol. The van der Waals surface area contributed by atoms with Crippen LogP contribution in [0.15, 0.2) is 54.6 Å². The van der Waals surface area contributed by atoms with E-state index >= 15 is 0 Å². The molecule has 0 saturated carbocycles. The first kappa shape index (κ1) is 20.4. The van der Waals surface area contributed by atoms with Crippen molar-refractivity contribution in [3.63, 3.8) is 0 Å². The molecule has 1 amide bonds. The molecule has 7 heteroatoms. The lowest BCUT2D eigenvalue weighted by molar-refractivity contribution is -0.121. The molecule has 29 heavy (non-hydrogen) atoms. The van der Waals surface area contributed by atoms with E-state index in [-0.39, 0.29) is 12.6 Å². The fourth-order valence-corrected chi connectivity index (χ4v) is 2.94. The predicted octanol–water partition coefficient (Wildman–Crippen LogP) is 2.96. The summed E-state index contributed by atoms with van der Waals surface area (Å²) in [5.74, 6) is -0.450. The Bertz CT molecular complexity index is 855. The molecule has 2 aromatic carbocycles. The number of rotatable bonds is 8. The Hall–Kier alpha value is -3.37. The van der Waals surface area contributed by atoms with Gasteiger partial charge in [0, 0.05) is 12.3 Å². The van der Waals surface area contributed by atoms with Crippen molar-refractivity contribution in [2.24, 2.45) is 0 Å². The Kier molecular flexibility index (Phi) is 7.20. The lowest BCUT2D eigenvalue weighted by Crippen LogP contribution is -2.35. The number of para-hydroxylation sites is 1. The molecular weight excluding hydrogens is 372 g/mol. The van der Waals surface area contributed by atoms with Crippen molar-refractivity contribution in [2.45, 2.75) is 18.9 Å². The third-order valence-electron chi connectivity index (χ3n) is 4.47. The first-order chi connectivity index (χ1) is 14.2. The number of nitrogens with zero attached hydrogens (tertiary/aromatic N) is 2. The number of benzene rings is 2. The molecule has 1 aliphatic heterocycles. The summed E-state index contributed by atoms with van der Waals surface area (Å²) in [6.45, 7) is 0.671. The highest BCUT2D eigenvalue weighted by Crippen LogP contribution is 2.17. The summed E-state index contributed by atoms with van der Waals surface area (Å²) in [5.41, 5.74) is 0.886. The van der Waals surface area contributed by atoms with E-state index in [0.29, 0.717) is 23.6 Å². The molecule has 0 aromatic heterocycles. The third kappa shape index (κ3) is 5.80. The Labute approximate surface area is 169 Å². The van der Waals surface area contributed by atoms with Gasteiger partial charge in [0.25, 0.3) is 5.91 Å². The van der Waals surface area contributed by atoms with Gasteiger partial charge in [0.1, 0.15) is 18.9 Å². The highest BCUT2D eigenvalue weighted by atomic mass is 16.5. The number of nitriles is 1. The number of esters is 1. The van der Waals surface area contributed by atoms with Gasteiger partial charge in [0.2, 0.25) is 0 Å². The molecule has 0 spiro atoms. The van der Waals surface area contributed by atoms with Crippen LogP contribution in [0.2, 0.25) is 0 Å². The van der Waals surface area contributed by atoms with Crippen molar-refractivity contribution in [2.75, 3.05) is 31.3 Å². The van der Waals surface area contributed by atoms with Crippen LogP contribution in [-0.2, 0) is 14.3 Å². The number of carbonyl (C=O) groups is 2. The fourth-order valence-electron chi connectivity index (χ4n) is 2.94. The predicted molar refractivity (Wildman–Crippen MR) is 106 cm³/mol. The van der Waals surface area contributed by atoms with E-state index in [1.807, 2.05) is 12.1 Å². The third-order valence-corrected chi connectivity index (χ3v) is 4.47. The number of amides is 1. The maximum absolute atomic E-state index is 12.4. The molecule has 7 nitrogen and oxygen atoms in total. The average Bonchev–Trinajstić information content (AvgIpc) is 3.29. The number of hydrogen-bond donors (Lipinski definition) is 0. The highest BCUT2D eigenvalue weighted by molar-refractivity contribution is 5.97. The summed E-state index contributed by atoms with van der Waals surface area (Å²) >= 11 is 0. The van der Waals surface area contributed by atoms with Crippen LogP contribution >= 0.6 is 0 Å². The summed E-state index contributed by atoms with van der Waals surface area (Å²) in [6.07, 6.45) is 2.16. The van der Waals surface area contributed by atoms with Crippen molar-refractivity contribution in [1.82, 2.24) is 0 Å². The van der Waals surface area contributed by atoms with Gasteiger partial charge < -0.3 is 14.2 Å². The number of ether oxygens (including phenoxy) is 3. The zero-order chi connectivity index (χ0) is 20.5. The van der Waals surface area contributed by atoms with Crippen LogP contribution < -0.4 is 9.64 Å². The van der Waals surface area contributed by atoms with E-state index in [2.05, 4.69) is 0 Å². The smallest absolute Gasteiger partial charge is 0.338 e. The molecule has 0 N–H and O–H groups in total. The summed E-state index contributed by atoms with van der Waals surface area (Å²) < 4.78 is 16.3. The zero-order valence-electron chi connectivity index (χ0n) is 16.0. The molecule has 1 aliphatic rings. The molecule has 0 bridgehead atoms. The lowest BCUT2D eigenvalue weighted by atomic mass is 10.2. The maximum Gasteiger partial charge on any atom is 0.338 e. The van der Waals surface area contributed by atoms with Gasteiger partial charge >= 0.3 is 5.97 Å². The molecule has 3 rings (SSSR count). The Morgan fingerprint density at radius 2 is 1.90 bits per heavy atom. The van der Waals surface area contributed by atoms with E-state index in [1.54, 1.807) is 48.5 Å². The Balaban J connectivity index is 1.51. The van der Waals surface area contributed by atoms with Crippen molar-refractivity contribution in [1.29, 1.82) is 5.26 Å². The monoisotopic (exact) mass is 394 g/mol. The molecule has 1 atom stereocenters. The largest absolute Gasteiger partial charge is 0.491 e. The van der Waals surface area contributed by atoms with Crippen LogP contribution in [0.25, 0.3) is 0 Å². The standard InChI is InChI=1S/C22H22N2O5/c23-12-13-24(18-5-2-1-3-6-18)21(25)16-29-22(26)17-8-10-19(11-9-17)28-15-20-7-4-14-27-20/h1-3,5-6,8-11,20H,4,7,13-16H2/t20-/m1/s1. The zero-order valence-corrected chi connectivity index (χ0v) is 16.0. The SMILES string of the molecule is N#CCN(C(=O)COC(=O)c1ccc(OC[C@H]2CCCO2)cc1)c1ccccc1. The molecule has 2 aromatic rings. The van der Waals surface area contributed by atoms with E-state index in [1.165, 1.54) is 4.90 Å². The quantitative estimate of drug-likeness (QED) is 0.505. The highest BCUT2D eigenvalue weighted by Gasteiger charge is 2.18. The van der Waals surface area contributed by atoms with Gasteiger partial charge in [0.15, 0.2) is 6.61 Å². The fraction of sp³-hybridized carbons (Fsp3) is 0.318. The molecule has 0 aliphatic carbocycles. The van der Waals surface area contributed by atoms with Crippen LogP contribution in [0.3, 0.4) is 0 Å². The van der Waals surface area contributed by atoms with Gasteiger partial charge in [-0.25, -0.2) is 4.79 Å². The molecule has 1 heterocycles. The Morgan fingerprint density at radius 1 is 1.14 bits per heavy atom. The first-order valence-electron chi connectivity index (χ1n) is 9.41. The van der Waals surface area contributed by atoms with E-state index < -0.39 is 18.5 Å². The van der Waals surface area contributed by atoms with Crippen molar-refractivity contribution in [3.8, 4) is 11.8 Å². The second-order valence-corrected chi connectivity index (χ2v) is 6.52. The minimum atomic E-state index is -0.617. The number of hydrogen-bond acceptors (Lipinski definition) is 6. The normalized spacial score (nSPS) is 15.3. The molecular formula is C22H22N2O5. The summed E-state index contributed by atoms with van der Waals surface area (Å²) in [4.78, 5) is 25.9. The minimum absolute atomic E-state index is 0.117. The molecule has 0 radical (unpaired) electrons. The van der Waals surface area contributed by atoms with Gasteiger partial charge in [-0.3, -0.25) is 9.69 Å². The topological polar surface area (TPSA) is 88.9 Å². The van der Waals surface area contributed by atoms with Crippen molar-refractivity contribution >= 4 is 17.6 Å². The van der Waals surface area contributed by atoms with Crippen molar-refractivity contribution in [3.05, 3.63) is 60.2 Å². The van der Waals surface area contributed by atoms with E-state index in [9.17, 15) is 9.59 Å². The minimum Gasteiger partial charge on any atom is -0.491 e. The van der Waals surface area contributed by atoms with Crippen LogP contribution in [0.1, 0.15) is 23.2 Å². The summed E-state index contributed by atoms with van der Waals surface area (Å²) in [5, 5.41) is 8.97. The van der Waals surface area contributed by atoms with Gasteiger partial charge in [-0.2, -0.15) is 5.26 Å². The summed E-state index contributed by atoms with van der Waals surface area (Å²) in [6, 6.07) is 17.2. The van der Waals surface area contributed by atoms with Gasteiger partial charge in [-0.15, -0.1) is 0 Å². The molecule has 150 valence electrons. The number of carbonyl (C=O) groups excluding carboxylic acids is 2. The van der Waals surface area contributed by atoms with Crippen LogP contribution in [0.5, 0.6) is 5.75 Å². The summed E-state index contributed by atoms with van der Waals surface area (Å²) in [7, 11) is 0. The van der Waals surface area contributed by atoms with Crippen LogP contribution in [0.4, 0.5) is 5.69 Å². The Morgan fingerprint density at radius 3 is 2.55 bits per heavy atom. The molecule has 1 saturated heterocycles. The van der Waals surface area contributed by atoms with Crippen LogP contribution in [-0.4, -0.2) is 44.3 Å². The number of anilines is 1. The van der Waals surface area contributed by atoms with E-state index in [0.717, 1.165) is 19.4 Å². The van der Waals surface area contributed by atoms with E-state index in [4.69, 9.17) is 19.5 Å². The second-order valence-electron chi connectivity index (χ2n) is 6.52. The maximum atomic E-state index is 12.4. The molecule has 1 fully saturated rings. The van der Waals surface area contributed by atoms with Gasteiger partial charge in [-0.05, 0) is 49.2 Å². The molecule has 0 unspecified atom stereocenters.